The smallest absolute Gasteiger partial charge is 0.135 e. The lowest BCUT2D eigenvalue weighted by Crippen LogP contribution is -2.07. The van der Waals surface area contributed by atoms with Gasteiger partial charge in [0.05, 0.1) is 0 Å². The number of benzene rings is 1. The van der Waals surface area contributed by atoms with Crippen LogP contribution in [0.5, 0.6) is 0 Å². The van der Waals surface area contributed by atoms with Crippen molar-refractivity contribution in [2.75, 3.05) is 5.73 Å². The fourth-order valence-electron chi connectivity index (χ4n) is 2.41. The fourth-order valence-corrected chi connectivity index (χ4v) is 2.41. The summed E-state index contributed by atoms with van der Waals surface area (Å²) in [6.45, 7) is 8.29. The van der Waals surface area contributed by atoms with Gasteiger partial charge in [-0.1, -0.05) is 36.2 Å². The first-order valence-corrected chi connectivity index (χ1v) is 6.68. The molecule has 1 aromatic heterocycles. The Morgan fingerprint density at radius 1 is 1.00 bits per heavy atom. The monoisotopic (exact) mass is 255 g/mol. The average molecular weight is 255 g/mol. The summed E-state index contributed by atoms with van der Waals surface area (Å²) >= 11 is 0. The molecule has 1 heterocycles. The third-order valence-corrected chi connectivity index (χ3v) is 3.31. The molecule has 0 atom stereocenters. The Labute approximate surface area is 114 Å². The van der Waals surface area contributed by atoms with Crippen molar-refractivity contribution in [3.8, 4) is 0 Å². The van der Waals surface area contributed by atoms with Crippen LogP contribution >= 0.6 is 0 Å². The Bertz CT molecular complexity index is 583. The predicted octanol–water partition coefficient (Wildman–Crippen LogP) is 3.14. The van der Waals surface area contributed by atoms with Crippen LogP contribution in [-0.2, 0) is 12.8 Å². The highest BCUT2D eigenvalue weighted by molar-refractivity contribution is 5.42. The largest absolute Gasteiger partial charge is 0.383 e. The molecule has 100 valence electrons. The van der Waals surface area contributed by atoms with E-state index in [4.69, 9.17) is 5.73 Å². The van der Waals surface area contributed by atoms with E-state index in [1.165, 1.54) is 16.7 Å². The van der Waals surface area contributed by atoms with Gasteiger partial charge in [0.25, 0.3) is 0 Å². The van der Waals surface area contributed by atoms with Crippen LogP contribution in [-0.4, -0.2) is 9.97 Å². The second-order valence-electron chi connectivity index (χ2n) is 5.12. The van der Waals surface area contributed by atoms with Gasteiger partial charge in [0, 0.05) is 17.7 Å². The molecule has 0 radical (unpaired) electrons. The van der Waals surface area contributed by atoms with E-state index in [-0.39, 0.29) is 0 Å². The van der Waals surface area contributed by atoms with Crippen molar-refractivity contribution < 1.29 is 0 Å². The SMILES string of the molecule is CCc1nc(Cc2cc(C)cc(C)c2)nc(N)c1C. The van der Waals surface area contributed by atoms with Gasteiger partial charge in [-0.15, -0.1) is 0 Å². The van der Waals surface area contributed by atoms with Gasteiger partial charge < -0.3 is 5.73 Å². The van der Waals surface area contributed by atoms with Gasteiger partial charge in [-0.2, -0.15) is 0 Å². The molecule has 0 unspecified atom stereocenters. The Morgan fingerprint density at radius 2 is 1.63 bits per heavy atom. The van der Waals surface area contributed by atoms with Gasteiger partial charge in [0.1, 0.15) is 11.6 Å². The molecular formula is C16H21N3. The van der Waals surface area contributed by atoms with E-state index >= 15 is 0 Å². The second-order valence-corrected chi connectivity index (χ2v) is 5.12. The van der Waals surface area contributed by atoms with Crippen molar-refractivity contribution in [1.82, 2.24) is 9.97 Å². The van der Waals surface area contributed by atoms with Gasteiger partial charge in [-0.3, -0.25) is 0 Å². The molecule has 0 saturated carbocycles. The molecule has 0 fully saturated rings. The van der Waals surface area contributed by atoms with Gasteiger partial charge in [-0.05, 0) is 32.8 Å². The van der Waals surface area contributed by atoms with Crippen molar-refractivity contribution in [1.29, 1.82) is 0 Å². The van der Waals surface area contributed by atoms with Crippen molar-refractivity contribution in [2.45, 2.75) is 40.5 Å². The first kappa shape index (κ1) is 13.5. The molecule has 3 heteroatoms. The summed E-state index contributed by atoms with van der Waals surface area (Å²) in [5.41, 5.74) is 11.8. The lowest BCUT2D eigenvalue weighted by atomic mass is 10.0. The van der Waals surface area contributed by atoms with Gasteiger partial charge in [-0.25, -0.2) is 9.97 Å². The maximum atomic E-state index is 5.96. The summed E-state index contributed by atoms with van der Waals surface area (Å²) in [6.07, 6.45) is 1.62. The molecule has 0 amide bonds. The van der Waals surface area contributed by atoms with E-state index in [1.54, 1.807) is 0 Å². The Morgan fingerprint density at radius 3 is 2.21 bits per heavy atom. The van der Waals surface area contributed by atoms with Crippen LogP contribution in [0.25, 0.3) is 0 Å². The third-order valence-electron chi connectivity index (χ3n) is 3.31. The molecule has 2 N–H and O–H groups in total. The molecule has 3 nitrogen and oxygen atoms in total. The van der Waals surface area contributed by atoms with Crippen LogP contribution in [0.3, 0.4) is 0 Å². The molecule has 1 aromatic carbocycles. The Hall–Kier alpha value is -1.90. The van der Waals surface area contributed by atoms with Crippen molar-refractivity contribution in [3.63, 3.8) is 0 Å². The fraction of sp³-hybridized carbons (Fsp3) is 0.375. The highest BCUT2D eigenvalue weighted by atomic mass is 15.0. The van der Waals surface area contributed by atoms with Crippen molar-refractivity contribution in [3.05, 3.63) is 52.0 Å². The highest BCUT2D eigenvalue weighted by Gasteiger charge is 2.08. The third kappa shape index (κ3) is 3.11. The van der Waals surface area contributed by atoms with Crippen LogP contribution in [0.2, 0.25) is 0 Å². The van der Waals surface area contributed by atoms with E-state index in [0.717, 1.165) is 29.9 Å². The molecule has 0 saturated heterocycles. The van der Waals surface area contributed by atoms with E-state index in [0.29, 0.717) is 5.82 Å². The summed E-state index contributed by atoms with van der Waals surface area (Å²) in [7, 11) is 0. The molecule has 0 aliphatic carbocycles. The summed E-state index contributed by atoms with van der Waals surface area (Å²) in [6, 6.07) is 6.53. The number of aryl methyl sites for hydroxylation is 3. The number of hydrogen-bond donors (Lipinski definition) is 1. The quantitative estimate of drug-likeness (QED) is 0.916. The summed E-state index contributed by atoms with van der Waals surface area (Å²) in [4.78, 5) is 9.02. The summed E-state index contributed by atoms with van der Waals surface area (Å²) in [5, 5.41) is 0. The van der Waals surface area contributed by atoms with Gasteiger partial charge in [0.15, 0.2) is 0 Å². The van der Waals surface area contributed by atoms with Gasteiger partial charge in [0.2, 0.25) is 0 Å². The molecule has 0 aliphatic rings. The topological polar surface area (TPSA) is 51.8 Å². The zero-order valence-electron chi connectivity index (χ0n) is 12.1. The number of anilines is 1. The normalized spacial score (nSPS) is 10.7. The Kier molecular flexibility index (Phi) is 3.84. The molecule has 0 aliphatic heterocycles. The number of hydrogen-bond acceptors (Lipinski definition) is 3. The molecular weight excluding hydrogens is 234 g/mol. The summed E-state index contributed by atoms with van der Waals surface area (Å²) in [5.74, 6) is 1.41. The summed E-state index contributed by atoms with van der Waals surface area (Å²) < 4.78 is 0. The second kappa shape index (κ2) is 5.39. The Balaban J connectivity index is 2.35. The number of rotatable bonds is 3. The van der Waals surface area contributed by atoms with E-state index < -0.39 is 0 Å². The zero-order chi connectivity index (χ0) is 14.0. The standard InChI is InChI=1S/C16H21N3/c1-5-14-12(4)16(17)19-15(18-14)9-13-7-10(2)6-11(3)8-13/h6-8H,5,9H2,1-4H3,(H2,17,18,19). The number of nitrogens with two attached hydrogens (primary N) is 1. The van der Waals surface area contributed by atoms with Crippen LogP contribution < -0.4 is 5.73 Å². The van der Waals surface area contributed by atoms with Crippen LogP contribution in [0, 0.1) is 20.8 Å². The number of aromatic nitrogens is 2. The average Bonchev–Trinajstić information content (AvgIpc) is 2.32. The zero-order valence-corrected chi connectivity index (χ0v) is 12.1. The van der Waals surface area contributed by atoms with Gasteiger partial charge >= 0.3 is 0 Å². The van der Waals surface area contributed by atoms with Crippen LogP contribution in [0.15, 0.2) is 18.2 Å². The lowest BCUT2D eigenvalue weighted by molar-refractivity contribution is 0.893. The van der Waals surface area contributed by atoms with Crippen molar-refractivity contribution >= 4 is 5.82 Å². The molecule has 0 spiro atoms. The van der Waals surface area contributed by atoms with E-state index in [1.807, 2.05) is 6.92 Å². The lowest BCUT2D eigenvalue weighted by Gasteiger charge is -2.09. The minimum atomic E-state index is 0.603. The maximum absolute atomic E-state index is 5.96. The molecule has 2 aromatic rings. The number of nitrogens with zero attached hydrogens (tertiary/aromatic N) is 2. The first-order valence-electron chi connectivity index (χ1n) is 6.68. The minimum absolute atomic E-state index is 0.603. The number of nitrogen functional groups attached to an aromatic ring is 1. The molecule has 0 bridgehead atoms. The van der Waals surface area contributed by atoms with E-state index in [9.17, 15) is 0 Å². The van der Waals surface area contributed by atoms with Crippen LogP contribution in [0.4, 0.5) is 5.82 Å². The molecule has 2 rings (SSSR count). The molecule has 19 heavy (non-hydrogen) atoms. The minimum Gasteiger partial charge on any atom is -0.383 e. The predicted molar refractivity (Wildman–Crippen MR) is 79.3 cm³/mol. The maximum Gasteiger partial charge on any atom is 0.135 e. The highest BCUT2D eigenvalue weighted by Crippen LogP contribution is 2.16. The van der Waals surface area contributed by atoms with Crippen molar-refractivity contribution in [2.24, 2.45) is 0 Å². The van der Waals surface area contributed by atoms with E-state index in [2.05, 4.69) is 48.9 Å². The van der Waals surface area contributed by atoms with Crippen LogP contribution in [0.1, 0.15) is 40.7 Å². The first-order chi connectivity index (χ1) is 8.99.